The van der Waals surface area contributed by atoms with Gasteiger partial charge in [-0.3, -0.25) is 4.79 Å². The third kappa shape index (κ3) is 3.57. The van der Waals surface area contributed by atoms with Gasteiger partial charge in [-0.25, -0.2) is 4.79 Å². The van der Waals surface area contributed by atoms with Gasteiger partial charge in [-0.05, 0) is 91.0 Å². The topological polar surface area (TPSA) is 64.6 Å². The molecule has 1 amide bonds. The van der Waals surface area contributed by atoms with Crippen LogP contribution in [0.15, 0.2) is 18.2 Å². The van der Waals surface area contributed by atoms with Gasteiger partial charge >= 0.3 is 5.97 Å². The molecule has 182 valence electrons. The Hall–Kier alpha value is -2.34. The number of benzene rings is 1. The molecule has 0 radical (unpaired) electrons. The van der Waals surface area contributed by atoms with E-state index in [1.54, 1.807) is 18.4 Å². The first kappa shape index (κ1) is 23.4. The molecule has 1 aromatic heterocycles. The van der Waals surface area contributed by atoms with Gasteiger partial charge in [-0.1, -0.05) is 26.8 Å². The molecule has 0 bridgehead atoms. The maximum Gasteiger partial charge on any atom is 0.341 e. The largest absolute Gasteiger partial charge is 0.497 e. The molecular formula is C28H35NO4S. The predicted molar refractivity (Wildman–Crippen MR) is 135 cm³/mol. The summed E-state index contributed by atoms with van der Waals surface area (Å²) in [4.78, 5) is 27.0. The summed E-state index contributed by atoms with van der Waals surface area (Å²) in [6.45, 7) is 8.26. The van der Waals surface area contributed by atoms with E-state index in [0.717, 1.165) is 37.0 Å². The lowest BCUT2D eigenvalue weighted by Crippen LogP contribution is -2.43. The summed E-state index contributed by atoms with van der Waals surface area (Å²) in [5.41, 5.74) is 4.62. The first-order valence-corrected chi connectivity index (χ1v) is 13.4. The molecule has 0 saturated heterocycles. The van der Waals surface area contributed by atoms with Crippen molar-refractivity contribution in [2.24, 2.45) is 17.8 Å². The number of aryl methyl sites for hydroxylation is 1. The van der Waals surface area contributed by atoms with Gasteiger partial charge in [0.25, 0.3) is 0 Å². The zero-order chi connectivity index (χ0) is 24.2. The van der Waals surface area contributed by atoms with Crippen LogP contribution in [0.5, 0.6) is 5.75 Å². The minimum absolute atomic E-state index is 0.0600. The van der Waals surface area contributed by atoms with Gasteiger partial charge in [-0.2, -0.15) is 0 Å². The molecule has 4 atom stereocenters. The summed E-state index contributed by atoms with van der Waals surface area (Å²) in [6.07, 6.45) is 5.38. The van der Waals surface area contributed by atoms with Crippen LogP contribution < -0.4 is 10.1 Å². The van der Waals surface area contributed by atoms with E-state index >= 15 is 0 Å². The number of amides is 1. The Morgan fingerprint density at radius 2 is 2.06 bits per heavy atom. The van der Waals surface area contributed by atoms with E-state index in [9.17, 15) is 9.59 Å². The Kier molecular flexibility index (Phi) is 5.99. The van der Waals surface area contributed by atoms with Crippen LogP contribution in [0.25, 0.3) is 0 Å². The van der Waals surface area contributed by atoms with Crippen molar-refractivity contribution in [2.45, 2.75) is 71.1 Å². The zero-order valence-electron chi connectivity index (χ0n) is 20.8. The van der Waals surface area contributed by atoms with Crippen molar-refractivity contribution in [2.75, 3.05) is 19.0 Å². The van der Waals surface area contributed by atoms with Gasteiger partial charge in [0.15, 0.2) is 0 Å². The number of rotatable bonds is 5. The molecule has 1 saturated carbocycles. The SMILES string of the molecule is CCOC(=O)c1c(NC(=O)C(C)C)sc2c1[C@]1(C)CC[C@@H]3c4ccc(OC)cc4CC[C@@H]3[C@@H]1C2. The van der Waals surface area contributed by atoms with Gasteiger partial charge in [0, 0.05) is 10.8 Å². The van der Waals surface area contributed by atoms with E-state index in [2.05, 4.69) is 30.4 Å². The third-order valence-electron chi connectivity index (χ3n) is 8.52. The average Bonchev–Trinajstić information content (AvgIpc) is 3.32. The summed E-state index contributed by atoms with van der Waals surface area (Å²) < 4.78 is 11.0. The smallest absolute Gasteiger partial charge is 0.341 e. The molecule has 34 heavy (non-hydrogen) atoms. The van der Waals surface area contributed by atoms with Crippen molar-refractivity contribution in [3.8, 4) is 5.75 Å². The first-order chi connectivity index (χ1) is 16.3. The van der Waals surface area contributed by atoms with Crippen molar-refractivity contribution >= 4 is 28.2 Å². The third-order valence-corrected chi connectivity index (χ3v) is 9.65. The molecule has 5 nitrogen and oxygen atoms in total. The highest BCUT2D eigenvalue weighted by Gasteiger charge is 2.55. The number of methoxy groups -OCH3 is 1. The number of fused-ring (bicyclic) bond motifs is 7. The molecule has 0 unspecified atom stereocenters. The fraction of sp³-hybridized carbons (Fsp3) is 0.571. The second-order valence-electron chi connectivity index (χ2n) is 10.6. The van der Waals surface area contributed by atoms with Gasteiger partial charge in [0.2, 0.25) is 5.91 Å². The molecule has 1 fully saturated rings. The minimum atomic E-state index is -0.302. The lowest BCUT2D eigenvalue weighted by Gasteiger charge is -2.49. The number of esters is 1. The van der Waals surface area contributed by atoms with E-state index in [1.165, 1.54) is 22.4 Å². The van der Waals surface area contributed by atoms with Gasteiger partial charge < -0.3 is 14.8 Å². The van der Waals surface area contributed by atoms with E-state index < -0.39 is 0 Å². The Morgan fingerprint density at radius 3 is 2.76 bits per heavy atom. The van der Waals surface area contributed by atoms with E-state index in [-0.39, 0.29) is 23.2 Å². The number of hydrogen-bond acceptors (Lipinski definition) is 5. The van der Waals surface area contributed by atoms with Gasteiger partial charge in [0.05, 0.1) is 19.3 Å². The number of hydrogen-bond donors (Lipinski definition) is 1. The van der Waals surface area contributed by atoms with Crippen molar-refractivity contribution < 1.29 is 19.1 Å². The Labute approximate surface area is 206 Å². The summed E-state index contributed by atoms with van der Waals surface area (Å²) in [6, 6.07) is 6.60. The number of thiophene rings is 1. The highest BCUT2D eigenvalue weighted by molar-refractivity contribution is 7.17. The molecule has 6 heteroatoms. The van der Waals surface area contributed by atoms with Crippen molar-refractivity contribution in [3.63, 3.8) is 0 Å². The number of nitrogens with one attached hydrogen (secondary N) is 1. The van der Waals surface area contributed by atoms with Crippen LogP contribution in [0.2, 0.25) is 0 Å². The lowest BCUT2D eigenvalue weighted by atomic mass is 9.54. The first-order valence-electron chi connectivity index (χ1n) is 12.6. The molecule has 1 heterocycles. The molecule has 0 spiro atoms. The van der Waals surface area contributed by atoms with Crippen molar-refractivity contribution in [1.82, 2.24) is 0 Å². The summed E-state index contributed by atoms with van der Waals surface area (Å²) in [5, 5.41) is 3.71. The summed E-state index contributed by atoms with van der Waals surface area (Å²) in [7, 11) is 1.73. The van der Waals surface area contributed by atoms with Crippen LogP contribution in [0.4, 0.5) is 5.00 Å². The van der Waals surface area contributed by atoms with Gasteiger partial charge in [0.1, 0.15) is 10.8 Å². The predicted octanol–water partition coefficient (Wildman–Crippen LogP) is 6.10. The Bertz CT molecular complexity index is 1140. The fourth-order valence-electron chi connectivity index (χ4n) is 6.86. The molecule has 0 aliphatic heterocycles. The standard InChI is InChI=1S/C28H35NO4S/c1-6-33-27(31)23-24-22(34-26(23)29-25(30)15(2)3)14-21-20-9-7-16-13-17(32-5)8-10-18(16)19(20)11-12-28(21,24)4/h8,10,13,15,19-21H,6-7,9,11-12,14H2,1-5H3,(H,29,30)/t19-,20+,21+,28-/m1/s1. The molecular weight excluding hydrogens is 446 g/mol. The Balaban J connectivity index is 1.52. The molecule has 5 rings (SSSR count). The number of anilines is 1. The van der Waals surface area contributed by atoms with Crippen LogP contribution in [0, 0.1) is 17.8 Å². The normalized spacial score (nSPS) is 26.8. The average molecular weight is 482 g/mol. The lowest BCUT2D eigenvalue weighted by molar-refractivity contribution is -0.118. The van der Waals surface area contributed by atoms with Crippen LogP contribution in [-0.2, 0) is 27.8 Å². The van der Waals surface area contributed by atoms with Crippen LogP contribution in [-0.4, -0.2) is 25.6 Å². The van der Waals surface area contributed by atoms with Crippen molar-refractivity contribution in [3.05, 3.63) is 45.3 Å². The highest BCUT2D eigenvalue weighted by Crippen LogP contribution is 2.63. The van der Waals surface area contributed by atoms with Crippen LogP contribution in [0.1, 0.15) is 84.8 Å². The maximum absolute atomic E-state index is 13.2. The van der Waals surface area contributed by atoms with E-state index in [1.807, 2.05) is 20.8 Å². The second kappa shape index (κ2) is 8.71. The van der Waals surface area contributed by atoms with Crippen molar-refractivity contribution in [1.29, 1.82) is 0 Å². The second-order valence-corrected chi connectivity index (χ2v) is 11.7. The van der Waals surface area contributed by atoms with Gasteiger partial charge in [-0.15, -0.1) is 11.3 Å². The summed E-state index contributed by atoms with van der Waals surface area (Å²) in [5.74, 6) is 2.10. The molecule has 2 aromatic rings. The number of ether oxygens (including phenoxy) is 2. The number of carbonyl (C=O) groups excluding carboxylic acids is 2. The Morgan fingerprint density at radius 1 is 1.26 bits per heavy atom. The quantitative estimate of drug-likeness (QED) is 0.524. The van der Waals surface area contributed by atoms with E-state index in [4.69, 9.17) is 9.47 Å². The molecule has 1 aromatic carbocycles. The van der Waals surface area contributed by atoms with Crippen LogP contribution in [0.3, 0.4) is 0 Å². The zero-order valence-corrected chi connectivity index (χ0v) is 21.6. The monoisotopic (exact) mass is 481 g/mol. The molecule has 3 aliphatic rings. The maximum atomic E-state index is 13.2. The van der Waals surface area contributed by atoms with E-state index in [0.29, 0.717) is 34.9 Å². The minimum Gasteiger partial charge on any atom is -0.497 e. The highest BCUT2D eigenvalue weighted by atomic mass is 32.1. The molecule has 1 N–H and O–H groups in total. The summed E-state index contributed by atoms with van der Waals surface area (Å²) >= 11 is 1.59. The van der Waals surface area contributed by atoms with Crippen LogP contribution >= 0.6 is 11.3 Å². The fourth-order valence-corrected chi connectivity index (χ4v) is 8.25. The molecule has 3 aliphatic carbocycles. The number of carbonyl (C=O) groups is 2.